The van der Waals surface area contributed by atoms with Crippen molar-refractivity contribution >= 4 is 15.7 Å². The molecule has 1 aliphatic rings. The number of benzene rings is 2. The lowest BCUT2D eigenvalue weighted by Gasteiger charge is -2.25. The number of para-hydroxylation sites is 1. The second kappa shape index (κ2) is 5.38. The topological polar surface area (TPSA) is 37.4 Å². The summed E-state index contributed by atoms with van der Waals surface area (Å²) in [5, 5.41) is 0. The van der Waals surface area contributed by atoms with Gasteiger partial charge >= 0.3 is 0 Å². The lowest BCUT2D eigenvalue weighted by molar-refractivity contribution is 0.580. The summed E-state index contributed by atoms with van der Waals surface area (Å²) in [6.07, 6.45) is 0.759. The Kier molecular flexibility index (Phi) is 3.75. The lowest BCUT2D eigenvalue weighted by Crippen LogP contribution is -2.35. The summed E-state index contributed by atoms with van der Waals surface area (Å²) in [5.41, 5.74) is 3.04. The van der Waals surface area contributed by atoms with Crippen LogP contribution in [-0.2, 0) is 21.9 Å². The molecule has 2 aromatic carbocycles. The highest BCUT2D eigenvalue weighted by molar-refractivity contribution is 7.92. The molecule has 4 heteroatoms. The van der Waals surface area contributed by atoms with Crippen molar-refractivity contribution in [3.63, 3.8) is 0 Å². The molecule has 0 saturated heterocycles. The van der Waals surface area contributed by atoms with E-state index in [1.165, 1.54) is 0 Å². The molecule has 3 nitrogen and oxygen atoms in total. The van der Waals surface area contributed by atoms with Crippen molar-refractivity contribution < 1.29 is 8.42 Å². The van der Waals surface area contributed by atoms with Crippen molar-refractivity contribution in [3.8, 4) is 0 Å². The Morgan fingerprint density at radius 3 is 2.22 bits per heavy atom. The molecule has 0 aliphatic carbocycles. The monoisotopic (exact) mass is 329 g/mol. The second-order valence-corrected chi connectivity index (χ2v) is 9.07. The Morgan fingerprint density at radius 2 is 1.61 bits per heavy atom. The molecule has 0 saturated carbocycles. The fourth-order valence-corrected chi connectivity index (χ4v) is 4.84. The molecule has 0 spiro atoms. The van der Waals surface area contributed by atoms with Crippen LogP contribution in [-0.4, -0.2) is 14.5 Å². The molecule has 0 amide bonds. The number of sulfonamides is 1. The van der Waals surface area contributed by atoms with E-state index in [0.29, 0.717) is 4.90 Å². The van der Waals surface area contributed by atoms with E-state index in [1.807, 2.05) is 43.3 Å². The Balaban J connectivity index is 2.02. The minimum atomic E-state index is -3.53. The number of hydrogen-bond donors (Lipinski definition) is 0. The minimum absolute atomic E-state index is 0.00975. The fraction of sp³-hybridized carbons (Fsp3) is 0.368. The van der Waals surface area contributed by atoms with E-state index in [0.717, 1.165) is 23.2 Å². The van der Waals surface area contributed by atoms with Crippen molar-refractivity contribution in [1.82, 2.24) is 0 Å². The summed E-state index contributed by atoms with van der Waals surface area (Å²) in [5.74, 6) is 0. The second-order valence-electron chi connectivity index (χ2n) is 7.26. The van der Waals surface area contributed by atoms with Crippen LogP contribution in [0.2, 0.25) is 0 Å². The van der Waals surface area contributed by atoms with E-state index in [9.17, 15) is 8.42 Å². The van der Waals surface area contributed by atoms with E-state index >= 15 is 0 Å². The van der Waals surface area contributed by atoms with Gasteiger partial charge in [-0.15, -0.1) is 0 Å². The van der Waals surface area contributed by atoms with Gasteiger partial charge in [0.25, 0.3) is 10.0 Å². The highest BCUT2D eigenvalue weighted by Crippen LogP contribution is 2.36. The zero-order valence-corrected chi connectivity index (χ0v) is 14.9. The molecule has 2 aromatic rings. The Labute approximate surface area is 139 Å². The Morgan fingerprint density at radius 1 is 1.00 bits per heavy atom. The van der Waals surface area contributed by atoms with Gasteiger partial charge in [-0.2, -0.15) is 0 Å². The van der Waals surface area contributed by atoms with Crippen LogP contribution in [0.4, 0.5) is 5.69 Å². The van der Waals surface area contributed by atoms with E-state index in [4.69, 9.17) is 0 Å². The first-order valence-corrected chi connectivity index (χ1v) is 9.38. The van der Waals surface area contributed by atoms with E-state index in [-0.39, 0.29) is 11.5 Å². The predicted molar refractivity (Wildman–Crippen MR) is 94.4 cm³/mol. The third-order valence-electron chi connectivity index (χ3n) is 4.42. The van der Waals surface area contributed by atoms with E-state index < -0.39 is 10.0 Å². The molecule has 0 bridgehead atoms. The van der Waals surface area contributed by atoms with E-state index in [1.54, 1.807) is 16.4 Å². The molecular formula is C19H23NO2S. The minimum Gasteiger partial charge on any atom is -0.263 e. The Bertz CT molecular complexity index is 817. The van der Waals surface area contributed by atoms with Crippen molar-refractivity contribution in [1.29, 1.82) is 0 Å². The average Bonchev–Trinajstić information content (AvgIpc) is 2.83. The van der Waals surface area contributed by atoms with Gasteiger partial charge < -0.3 is 0 Å². The molecule has 1 aliphatic heterocycles. The van der Waals surface area contributed by atoms with Gasteiger partial charge in [-0.25, -0.2) is 8.42 Å². The molecule has 0 fully saturated rings. The average molecular weight is 329 g/mol. The van der Waals surface area contributed by atoms with Crippen molar-refractivity contribution in [2.24, 2.45) is 0 Å². The van der Waals surface area contributed by atoms with Crippen LogP contribution in [0.5, 0.6) is 0 Å². The molecule has 122 valence electrons. The number of anilines is 1. The summed E-state index contributed by atoms with van der Waals surface area (Å²) >= 11 is 0. The van der Waals surface area contributed by atoms with Crippen LogP contribution >= 0.6 is 0 Å². The van der Waals surface area contributed by atoms with Gasteiger partial charge in [-0.05, 0) is 48.1 Å². The van der Waals surface area contributed by atoms with Crippen LogP contribution < -0.4 is 4.31 Å². The van der Waals surface area contributed by atoms with Gasteiger partial charge in [0.1, 0.15) is 0 Å². The molecule has 3 rings (SSSR count). The highest BCUT2D eigenvalue weighted by Gasteiger charge is 2.35. The van der Waals surface area contributed by atoms with Gasteiger partial charge in [0.2, 0.25) is 0 Å². The zero-order valence-electron chi connectivity index (χ0n) is 14.1. The number of nitrogens with zero attached hydrogens (tertiary/aromatic N) is 1. The van der Waals surface area contributed by atoms with Crippen LogP contribution in [0.25, 0.3) is 0 Å². The molecule has 0 aromatic heterocycles. The molecule has 1 heterocycles. The quantitative estimate of drug-likeness (QED) is 0.831. The summed E-state index contributed by atoms with van der Waals surface area (Å²) in [6.45, 7) is 8.32. The molecule has 23 heavy (non-hydrogen) atoms. The number of hydrogen-bond acceptors (Lipinski definition) is 2. The highest BCUT2D eigenvalue weighted by atomic mass is 32.2. The third kappa shape index (κ3) is 2.76. The van der Waals surface area contributed by atoms with Crippen LogP contribution in [0.15, 0.2) is 53.4 Å². The molecular weight excluding hydrogens is 306 g/mol. The third-order valence-corrected chi connectivity index (χ3v) is 6.36. The normalized spacial score (nSPS) is 18.1. The van der Waals surface area contributed by atoms with Crippen LogP contribution in [0.1, 0.15) is 38.8 Å². The fourth-order valence-electron chi connectivity index (χ4n) is 3.14. The molecule has 0 N–H and O–H groups in total. The van der Waals surface area contributed by atoms with Crippen molar-refractivity contribution in [3.05, 3.63) is 59.7 Å². The van der Waals surface area contributed by atoms with Gasteiger partial charge in [-0.3, -0.25) is 4.31 Å². The standard InChI is InChI=1S/C19H23NO2S/c1-14-13-15-7-5-6-8-18(15)20(14)23(21,22)17-11-9-16(10-12-17)19(2,3)4/h5-12,14H,13H2,1-4H3. The summed E-state index contributed by atoms with van der Waals surface area (Å²) in [6, 6.07) is 15.0. The van der Waals surface area contributed by atoms with Crippen molar-refractivity contribution in [2.45, 2.75) is 50.5 Å². The zero-order chi connectivity index (χ0) is 16.8. The molecule has 1 atom stereocenters. The van der Waals surface area contributed by atoms with Gasteiger partial charge in [0, 0.05) is 6.04 Å². The SMILES string of the molecule is CC1Cc2ccccc2N1S(=O)(=O)c1ccc(C(C)(C)C)cc1. The van der Waals surface area contributed by atoms with Gasteiger partial charge in [0.15, 0.2) is 0 Å². The van der Waals surface area contributed by atoms with Crippen molar-refractivity contribution in [2.75, 3.05) is 4.31 Å². The first-order chi connectivity index (χ1) is 10.7. The van der Waals surface area contributed by atoms with Crippen LogP contribution in [0, 0.1) is 0 Å². The lowest BCUT2D eigenvalue weighted by atomic mass is 9.87. The maximum Gasteiger partial charge on any atom is 0.264 e. The number of fused-ring (bicyclic) bond motifs is 1. The summed E-state index contributed by atoms with van der Waals surface area (Å²) in [4.78, 5) is 0.356. The number of rotatable bonds is 2. The smallest absolute Gasteiger partial charge is 0.263 e. The summed E-state index contributed by atoms with van der Waals surface area (Å²) in [7, 11) is -3.53. The van der Waals surface area contributed by atoms with Gasteiger partial charge in [-0.1, -0.05) is 51.1 Å². The first-order valence-electron chi connectivity index (χ1n) is 7.94. The van der Waals surface area contributed by atoms with Crippen LogP contribution in [0.3, 0.4) is 0 Å². The molecule has 1 unspecified atom stereocenters. The predicted octanol–water partition coefficient (Wildman–Crippen LogP) is 4.12. The largest absolute Gasteiger partial charge is 0.264 e. The summed E-state index contributed by atoms with van der Waals surface area (Å²) < 4.78 is 27.8. The maximum absolute atomic E-state index is 13.1. The Hall–Kier alpha value is -1.81. The maximum atomic E-state index is 13.1. The van der Waals surface area contributed by atoms with E-state index in [2.05, 4.69) is 20.8 Å². The molecule has 0 radical (unpaired) electrons. The first kappa shape index (κ1) is 16.1. The van der Waals surface area contributed by atoms with Gasteiger partial charge in [0.05, 0.1) is 10.6 Å².